The van der Waals surface area contributed by atoms with Crippen molar-refractivity contribution in [1.82, 2.24) is 4.90 Å². The van der Waals surface area contributed by atoms with Gasteiger partial charge in [0.15, 0.2) is 0 Å². The van der Waals surface area contributed by atoms with Crippen molar-refractivity contribution in [3.05, 3.63) is 35.4 Å². The molecular weight excluding hydrogens is 256 g/mol. The number of likely N-dealkylation sites (tertiary alicyclic amines) is 1. The highest BCUT2D eigenvalue weighted by Gasteiger charge is 2.24. The average molecular weight is 278 g/mol. The maximum atomic E-state index is 12.0. The largest absolute Gasteiger partial charge is 0.342 e. The highest BCUT2D eigenvalue weighted by atomic mass is 32.2. The van der Waals surface area contributed by atoms with Gasteiger partial charge in [0.1, 0.15) is 0 Å². The van der Waals surface area contributed by atoms with Gasteiger partial charge in [0.25, 0.3) is 0 Å². The Morgan fingerprint density at radius 1 is 1.53 bits per heavy atom. The van der Waals surface area contributed by atoms with E-state index in [9.17, 15) is 4.79 Å². The molecule has 2 rings (SSSR count). The SMILES string of the molecule is Cc1cccc(CSCC(=O)N2CCC(CN)C2)c1. The molecule has 0 aliphatic carbocycles. The summed E-state index contributed by atoms with van der Waals surface area (Å²) in [6, 6.07) is 8.46. The number of nitrogens with zero attached hydrogens (tertiary/aromatic N) is 1. The number of carbonyl (C=O) groups is 1. The predicted molar refractivity (Wildman–Crippen MR) is 81.1 cm³/mol. The summed E-state index contributed by atoms with van der Waals surface area (Å²) in [7, 11) is 0. The van der Waals surface area contributed by atoms with E-state index >= 15 is 0 Å². The second kappa shape index (κ2) is 6.96. The van der Waals surface area contributed by atoms with Gasteiger partial charge in [-0.15, -0.1) is 11.8 Å². The Morgan fingerprint density at radius 3 is 3.05 bits per heavy atom. The number of nitrogens with two attached hydrogens (primary N) is 1. The van der Waals surface area contributed by atoms with Crippen molar-refractivity contribution in [3.63, 3.8) is 0 Å². The molecule has 1 aromatic carbocycles. The van der Waals surface area contributed by atoms with Gasteiger partial charge in [-0.05, 0) is 31.4 Å². The molecule has 0 bridgehead atoms. The van der Waals surface area contributed by atoms with E-state index in [1.807, 2.05) is 4.90 Å². The molecule has 1 fully saturated rings. The van der Waals surface area contributed by atoms with E-state index in [1.54, 1.807) is 11.8 Å². The normalized spacial score (nSPS) is 18.8. The number of carbonyl (C=O) groups excluding carboxylic acids is 1. The van der Waals surface area contributed by atoms with E-state index in [0.717, 1.165) is 25.3 Å². The maximum Gasteiger partial charge on any atom is 0.232 e. The Kier molecular flexibility index (Phi) is 5.28. The molecular formula is C15H22N2OS. The summed E-state index contributed by atoms with van der Waals surface area (Å²) in [5, 5.41) is 0. The van der Waals surface area contributed by atoms with Crippen LogP contribution >= 0.6 is 11.8 Å². The minimum atomic E-state index is 0.258. The number of amides is 1. The molecule has 1 amide bonds. The Bertz CT molecular complexity index is 436. The molecule has 19 heavy (non-hydrogen) atoms. The summed E-state index contributed by atoms with van der Waals surface area (Å²) >= 11 is 1.70. The van der Waals surface area contributed by atoms with Crippen molar-refractivity contribution in [2.75, 3.05) is 25.4 Å². The first-order valence-corrected chi connectivity index (χ1v) is 7.95. The van der Waals surface area contributed by atoms with Crippen molar-refractivity contribution in [3.8, 4) is 0 Å². The number of hydrogen-bond donors (Lipinski definition) is 1. The van der Waals surface area contributed by atoms with Gasteiger partial charge < -0.3 is 10.6 Å². The third kappa shape index (κ3) is 4.25. The third-order valence-electron chi connectivity index (χ3n) is 3.55. The Labute approximate surface area is 119 Å². The van der Waals surface area contributed by atoms with E-state index in [2.05, 4.69) is 31.2 Å². The average Bonchev–Trinajstić information content (AvgIpc) is 2.87. The summed E-state index contributed by atoms with van der Waals surface area (Å²) in [5.41, 5.74) is 8.21. The minimum absolute atomic E-state index is 0.258. The molecule has 1 aliphatic rings. The second-order valence-electron chi connectivity index (χ2n) is 5.21. The lowest BCUT2D eigenvalue weighted by Gasteiger charge is -2.16. The number of aryl methyl sites for hydroxylation is 1. The summed E-state index contributed by atoms with van der Waals surface area (Å²) in [5.74, 6) is 2.24. The predicted octanol–water partition coefficient (Wildman–Crippen LogP) is 2.04. The molecule has 104 valence electrons. The van der Waals surface area contributed by atoms with Crippen LogP contribution < -0.4 is 5.73 Å². The summed E-state index contributed by atoms with van der Waals surface area (Å²) in [4.78, 5) is 14.0. The molecule has 0 radical (unpaired) electrons. The quantitative estimate of drug-likeness (QED) is 0.896. The molecule has 0 aromatic heterocycles. The second-order valence-corrected chi connectivity index (χ2v) is 6.20. The lowest BCUT2D eigenvalue weighted by molar-refractivity contribution is -0.127. The van der Waals surface area contributed by atoms with Crippen LogP contribution in [0.3, 0.4) is 0 Å². The van der Waals surface area contributed by atoms with Crippen LogP contribution in [0.15, 0.2) is 24.3 Å². The molecule has 1 unspecified atom stereocenters. The van der Waals surface area contributed by atoms with Gasteiger partial charge in [-0.3, -0.25) is 4.79 Å². The van der Waals surface area contributed by atoms with E-state index in [4.69, 9.17) is 5.73 Å². The molecule has 1 saturated heterocycles. The molecule has 4 heteroatoms. The van der Waals surface area contributed by atoms with Crippen LogP contribution in [-0.4, -0.2) is 36.2 Å². The van der Waals surface area contributed by atoms with Crippen LogP contribution in [-0.2, 0) is 10.5 Å². The molecule has 1 atom stereocenters. The first-order valence-electron chi connectivity index (χ1n) is 6.80. The van der Waals surface area contributed by atoms with Crippen molar-refractivity contribution >= 4 is 17.7 Å². The zero-order chi connectivity index (χ0) is 13.7. The van der Waals surface area contributed by atoms with Gasteiger partial charge in [-0.1, -0.05) is 29.8 Å². The first-order chi connectivity index (χ1) is 9.19. The standard InChI is InChI=1S/C15H22N2OS/c1-12-3-2-4-13(7-12)10-19-11-15(18)17-6-5-14(8-16)9-17/h2-4,7,14H,5-6,8-11,16H2,1H3. The third-order valence-corrected chi connectivity index (χ3v) is 4.54. The van der Waals surface area contributed by atoms with E-state index in [0.29, 0.717) is 18.2 Å². The summed E-state index contributed by atoms with van der Waals surface area (Å²) in [6.45, 7) is 4.52. The van der Waals surface area contributed by atoms with Crippen molar-refractivity contribution in [2.45, 2.75) is 19.1 Å². The van der Waals surface area contributed by atoms with Crippen LogP contribution in [0.4, 0.5) is 0 Å². The molecule has 1 aromatic rings. The number of rotatable bonds is 5. The molecule has 1 aliphatic heterocycles. The number of benzene rings is 1. The zero-order valence-corrected chi connectivity index (χ0v) is 12.3. The zero-order valence-electron chi connectivity index (χ0n) is 11.5. The van der Waals surface area contributed by atoms with Crippen molar-refractivity contribution in [1.29, 1.82) is 0 Å². The van der Waals surface area contributed by atoms with Gasteiger partial charge in [0.2, 0.25) is 5.91 Å². The molecule has 2 N–H and O–H groups in total. The van der Waals surface area contributed by atoms with Gasteiger partial charge >= 0.3 is 0 Å². The first kappa shape index (κ1) is 14.4. The van der Waals surface area contributed by atoms with E-state index < -0.39 is 0 Å². The topological polar surface area (TPSA) is 46.3 Å². The van der Waals surface area contributed by atoms with Gasteiger partial charge in [0, 0.05) is 18.8 Å². The van der Waals surface area contributed by atoms with E-state index in [1.165, 1.54) is 11.1 Å². The lowest BCUT2D eigenvalue weighted by atomic mass is 10.1. The summed E-state index contributed by atoms with van der Waals surface area (Å²) in [6.07, 6.45) is 1.06. The smallest absolute Gasteiger partial charge is 0.232 e. The Morgan fingerprint density at radius 2 is 2.37 bits per heavy atom. The van der Waals surface area contributed by atoms with Crippen LogP contribution in [0.1, 0.15) is 17.5 Å². The monoisotopic (exact) mass is 278 g/mol. The number of thioether (sulfide) groups is 1. The van der Waals surface area contributed by atoms with Gasteiger partial charge in [-0.25, -0.2) is 0 Å². The van der Waals surface area contributed by atoms with Gasteiger partial charge in [-0.2, -0.15) is 0 Å². The summed E-state index contributed by atoms with van der Waals surface area (Å²) < 4.78 is 0. The van der Waals surface area contributed by atoms with E-state index in [-0.39, 0.29) is 5.91 Å². The van der Waals surface area contributed by atoms with Crippen LogP contribution in [0.2, 0.25) is 0 Å². The fourth-order valence-corrected chi connectivity index (χ4v) is 3.28. The molecule has 0 saturated carbocycles. The minimum Gasteiger partial charge on any atom is -0.342 e. The molecule has 3 nitrogen and oxygen atoms in total. The van der Waals surface area contributed by atoms with Crippen molar-refractivity contribution in [2.24, 2.45) is 11.7 Å². The molecule has 1 heterocycles. The fraction of sp³-hybridized carbons (Fsp3) is 0.533. The highest BCUT2D eigenvalue weighted by Crippen LogP contribution is 2.18. The highest BCUT2D eigenvalue weighted by molar-refractivity contribution is 7.99. The lowest BCUT2D eigenvalue weighted by Crippen LogP contribution is -2.31. The fourth-order valence-electron chi connectivity index (χ4n) is 2.40. The Balaban J connectivity index is 1.72. The van der Waals surface area contributed by atoms with Gasteiger partial charge in [0.05, 0.1) is 5.75 Å². The number of hydrogen-bond acceptors (Lipinski definition) is 3. The Hall–Kier alpha value is -1.00. The van der Waals surface area contributed by atoms with Crippen LogP contribution in [0, 0.1) is 12.8 Å². The maximum absolute atomic E-state index is 12.0. The van der Waals surface area contributed by atoms with Crippen molar-refractivity contribution < 1.29 is 4.79 Å². The molecule has 0 spiro atoms. The van der Waals surface area contributed by atoms with Crippen LogP contribution in [0.5, 0.6) is 0 Å². The van der Waals surface area contributed by atoms with Crippen LogP contribution in [0.25, 0.3) is 0 Å².